The summed E-state index contributed by atoms with van der Waals surface area (Å²) in [6.45, 7) is 4.19. The van der Waals surface area contributed by atoms with Crippen molar-refractivity contribution < 1.29 is 4.79 Å². The Labute approximate surface area is 190 Å². The highest BCUT2D eigenvalue weighted by molar-refractivity contribution is 7.07. The van der Waals surface area contributed by atoms with Crippen LogP contribution in [0.3, 0.4) is 0 Å². The fourth-order valence-electron chi connectivity index (χ4n) is 4.16. The van der Waals surface area contributed by atoms with Gasteiger partial charge in [-0.05, 0) is 34.0 Å². The Hall–Kier alpha value is -3.29. The SMILES string of the molecule is O=C(c1nn(Cc2ccccc2)c(=O)c2ccccc12)N1CCN(Cc2ccsc2)CC1. The Morgan fingerprint density at radius 2 is 1.56 bits per heavy atom. The van der Waals surface area contributed by atoms with Gasteiger partial charge in [0.1, 0.15) is 0 Å². The van der Waals surface area contributed by atoms with Crippen molar-refractivity contribution in [1.82, 2.24) is 19.6 Å². The van der Waals surface area contributed by atoms with Gasteiger partial charge in [0.2, 0.25) is 0 Å². The molecule has 0 radical (unpaired) electrons. The predicted octanol–water partition coefficient (Wildman–Crippen LogP) is 3.46. The molecule has 0 atom stereocenters. The maximum atomic E-state index is 13.5. The van der Waals surface area contributed by atoms with Crippen molar-refractivity contribution in [2.24, 2.45) is 0 Å². The highest BCUT2D eigenvalue weighted by atomic mass is 32.1. The van der Waals surface area contributed by atoms with E-state index in [1.54, 1.807) is 17.4 Å². The second-order valence-electron chi connectivity index (χ2n) is 8.04. The topological polar surface area (TPSA) is 58.4 Å². The highest BCUT2D eigenvalue weighted by Gasteiger charge is 2.26. The molecule has 0 bridgehead atoms. The smallest absolute Gasteiger partial charge is 0.275 e. The summed E-state index contributed by atoms with van der Waals surface area (Å²) < 4.78 is 1.41. The third-order valence-electron chi connectivity index (χ3n) is 5.89. The molecule has 1 amide bonds. The normalized spacial score (nSPS) is 14.7. The van der Waals surface area contributed by atoms with Crippen molar-refractivity contribution in [3.05, 3.63) is 98.6 Å². The second kappa shape index (κ2) is 9.06. The molecular weight excluding hydrogens is 420 g/mol. The zero-order valence-electron chi connectivity index (χ0n) is 17.7. The number of thiophene rings is 1. The molecule has 1 aliphatic heterocycles. The maximum absolute atomic E-state index is 13.5. The number of carbonyl (C=O) groups excluding carboxylic acids is 1. The molecule has 7 heteroatoms. The molecule has 0 aliphatic carbocycles. The van der Waals surface area contributed by atoms with Gasteiger partial charge < -0.3 is 4.90 Å². The van der Waals surface area contributed by atoms with E-state index in [2.05, 4.69) is 26.8 Å². The van der Waals surface area contributed by atoms with Gasteiger partial charge in [0.15, 0.2) is 5.69 Å². The van der Waals surface area contributed by atoms with Gasteiger partial charge in [0.05, 0.1) is 11.9 Å². The summed E-state index contributed by atoms with van der Waals surface area (Å²) in [4.78, 5) is 30.8. The first kappa shape index (κ1) is 20.6. The van der Waals surface area contributed by atoms with Crippen molar-refractivity contribution >= 4 is 28.0 Å². The van der Waals surface area contributed by atoms with Gasteiger partial charge in [0.25, 0.3) is 11.5 Å². The summed E-state index contributed by atoms with van der Waals surface area (Å²) in [6, 6.07) is 19.1. The number of aromatic nitrogens is 2. The Morgan fingerprint density at radius 3 is 2.28 bits per heavy atom. The van der Waals surface area contributed by atoms with E-state index < -0.39 is 0 Å². The quantitative estimate of drug-likeness (QED) is 0.473. The van der Waals surface area contributed by atoms with E-state index in [9.17, 15) is 9.59 Å². The molecule has 5 rings (SSSR count). The van der Waals surface area contributed by atoms with Gasteiger partial charge in [-0.3, -0.25) is 14.5 Å². The first-order valence-electron chi connectivity index (χ1n) is 10.8. The van der Waals surface area contributed by atoms with Crippen molar-refractivity contribution in [2.45, 2.75) is 13.1 Å². The van der Waals surface area contributed by atoms with Crippen LogP contribution < -0.4 is 5.56 Å². The van der Waals surface area contributed by atoms with Gasteiger partial charge >= 0.3 is 0 Å². The fraction of sp³-hybridized carbons (Fsp3) is 0.240. The molecule has 0 N–H and O–H groups in total. The summed E-state index contributed by atoms with van der Waals surface area (Å²) >= 11 is 1.71. The molecule has 0 spiro atoms. The standard InChI is InChI=1S/C25H24N4O2S/c30-24-22-9-5-4-8-21(22)23(26-29(24)17-19-6-2-1-3-7-19)25(31)28-13-11-27(12-14-28)16-20-10-15-32-18-20/h1-10,15,18H,11-14,16-17H2. The molecule has 1 fully saturated rings. The minimum absolute atomic E-state index is 0.113. The molecule has 0 saturated carbocycles. The highest BCUT2D eigenvalue weighted by Crippen LogP contribution is 2.18. The van der Waals surface area contributed by atoms with Crippen molar-refractivity contribution in [3.8, 4) is 0 Å². The van der Waals surface area contributed by atoms with Crippen LogP contribution >= 0.6 is 11.3 Å². The zero-order chi connectivity index (χ0) is 21.9. The Balaban J connectivity index is 1.41. The molecule has 2 aromatic heterocycles. The number of piperazine rings is 1. The first-order valence-corrected chi connectivity index (χ1v) is 11.7. The molecule has 162 valence electrons. The van der Waals surface area contributed by atoms with Crippen LogP contribution in [-0.4, -0.2) is 51.7 Å². The van der Waals surface area contributed by atoms with Crippen LogP contribution in [0.1, 0.15) is 21.6 Å². The molecule has 1 saturated heterocycles. The Morgan fingerprint density at radius 1 is 0.844 bits per heavy atom. The molecule has 2 aromatic carbocycles. The van der Waals surface area contributed by atoms with Gasteiger partial charge in [-0.25, -0.2) is 4.68 Å². The molecule has 3 heterocycles. The van der Waals surface area contributed by atoms with Crippen LogP contribution in [0.2, 0.25) is 0 Å². The second-order valence-corrected chi connectivity index (χ2v) is 8.82. The lowest BCUT2D eigenvalue weighted by molar-refractivity contribution is 0.0622. The summed E-state index contributed by atoms with van der Waals surface area (Å²) in [5.74, 6) is -0.113. The van der Waals surface area contributed by atoms with Crippen molar-refractivity contribution in [1.29, 1.82) is 0 Å². The molecular formula is C25H24N4O2S. The summed E-state index contributed by atoms with van der Waals surface area (Å²) in [7, 11) is 0. The average Bonchev–Trinajstić information content (AvgIpc) is 3.35. The first-order chi connectivity index (χ1) is 15.7. The fourth-order valence-corrected chi connectivity index (χ4v) is 4.82. The van der Waals surface area contributed by atoms with Crippen LogP contribution in [0.15, 0.2) is 76.2 Å². The number of fused-ring (bicyclic) bond motifs is 1. The maximum Gasteiger partial charge on any atom is 0.275 e. The van der Waals surface area contributed by atoms with Gasteiger partial charge in [-0.2, -0.15) is 16.4 Å². The molecule has 1 aliphatic rings. The number of hydrogen-bond donors (Lipinski definition) is 0. The van der Waals surface area contributed by atoms with Crippen molar-refractivity contribution in [2.75, 3.05) is 26.2 Å². The minimum Gasteiger partial charge on any atom is -0.335 e. The van der Waals surface area contributed by atoms with Crippen LogP contribution in [0.5, 0.6) is 0 Å². The zero-order valence-corrected chi connectivity index (χ0v) is 18.5. The third-order valence-corrected chi connectivity index (χ3v) is 6.62. The van der Waals surface area contributed by atoms with Crippen LogP contribution in [0.4, 0.5) is 0 Å². The number of benzene rings is 2. The molecule has 4 aromatic rings. The lowest BCUT2D eigenvalue weighted by Gasteiger charge is -2.34. The van der Waals surface area contributed by atoms with Crippen LogP contribution in [0, 0.1) is 0 Å². The van der Waals surface area contributed by atoms with Gasteiger partial charge in [-0.1, -0.05) is 48.5 Å². The van der Waals surface area contributed by atoms with Crippen LogP contribution in [-0.2, 0) is 13.1 Å². The third kappa shape index (κ3) is 4.22. The van der Waals surface area contributed by atoms with E-state index in [1.807, 2.05) is 53.4 Å². The molecule has 32 heavy (non-hydrogen) atoms. The van der Waals surface area contributed by atoms with Gasteiger partial charge in [0, 0.05) is 38.1 Å². The van der Waals surface area contributed by atoms with E-state index in [-0.39, 0.29) is 11.5 Å². The number of hydrogen-bond acceptors (Lipinski definition) is 5. The number of nitrogens with zero attached hydrogens (tertiary/aromatic N) is 4. The number of carbonyl (C=O) groups is 1. The number of amides is 1. The minimum atomic E-state index is -0.179. The van der Waals surface area contributed by atoms with E-state index >= 15 is 0 Å². The van der Waals surface area contributed by atoms with E-state index in [0.29, 0.717) is 36.1 Å². The lowest BCUT2D eigenvalue weighted by atomic mass is 10.1. The van der Waals surface area contributed by atoms with E-state index in [0.717, 1.165) is 25.2 Å². The average molecular weight is 445 g/mol. The number of rotatable bonds is 5. The predicted molar refractivity (Wildman–Crippen MR) is 127 cm³/mol. The molecule has 6 nitrogen and oxygen atoms in total. The Bertz CT molecular complexity index is 1280. The van der Waals surface area contributed by atoms with Crippen LogP contribution in [0.25, 0.3) is 10.8 Å². The monoisotopic (exact) mass is 444 g/mol. The largest absolute Gasteiger partial charge is 0.335 e. The van der Waals surface area contributed by atoms with E-state index in [1.165, 1.54) is 10.2 Å². The summed E-state index contributed by atoms with van der Waals surface area (Å²) in [5.41, 5.74) is 2.46. The lowest BCUT2D eigenvalue weighted by Crippen LogP contribution is -2.48. The Kier molecular flexibility index (Phi) is 5.83. The van der Waals surface area contributed by atoms with E-state index in [4.69, 9.17) is 0 Å². The van der Waals surface area contributed by atoms with Crippen molar-refractivity contribution in [3.63, 3.8) is 0 Å². The summed E-state index contributed by atoms with van der Waals surface area (Å²) in [5, 5.41) is 9.96. The van der Waals surface area contributed by atoms with Gasteiger partial charge in [-0.15, -0.1) is 0 Å². The summed E-state index contributed by atoms with van der Waals surface area (Å²) in [6.07, 6.45) is 0. The molecule has 0 unspecified atom stereocenters.